The van der Waals surface area contributed by atoms with Gasteiger partial charge in [-0.2, -0.15) is 0 Å². The van der Waals surface area contributed by atoms with Gasteiger partial charge in [-0.3, -0.25) is 4.79 Å². The first-order valence-corrected chi connectivity index (χ1v) is 6.60. The van der Waals surface area contributed by atoms with E-state index in [0.29, 0.717) is 29.9 Å². The average Bonchev–Trinajstić information content (AvgIpc) is 2.46. The van der Waals surface area contributed by atoms with E-state index in [9.17, 15) is 9.90 Å². The third kappa shape index (κ3) is 2.73. The molecule has 2 rings (SSSR count). The molecule has 1 aliphatic rings. The number of hydrogen-bond acceptors (Lipinski definition) is 4. The van der Waals surface area contributed by atoms with Gasteiger partial charge < -0.3 is 14.6 Å². The predicted octanol–water partition coefficient (Wildman–Crippen LogP) is 2.58. The summed E-state index contributed by atoms with van der Waals surface area (Å²) in [5.41, 5.74) is -0.857. The number of hydrogen-bond donors (Lipinski definition) is 1. The van der Waals surface area contributed by atoms with Crippen LogP contribution in [0.15, 0.2) is 18.2 Å². The summed E-state index contributed by atoms with van der Waals surface area (Å²) >= 11 is 0. The molecule has 1 aromatic carbocycles. The molecule has 0 unspecified atom stereocenters. The fraction of sp³-hybridized carbons (Fsp3) is 0.533. The zero-order valence-electron chi connectivity index (χ0n) is 11.4. The summed E-state index contributed by atoms with van der Waals surface area (Å²) in [5.74, 6) is 0.802. The highest BCUT2D eigenvalue weighted by molar-refractivity contribution is 6.04. The Morgan fingerprint density at radius 2 is 1.84 bits per heavy atom. The molecule has 0 bridgehead atoms. The Kier molecular flexibility index (Phi) is 4.10. The van der Waals surface area contributed by atoms with Gasteiger partial charge in [-0.05, 0) is 31.0 Å². The highest BCUT2D eigenvalue weighted by Gasteiger charge is 2.38. The highest BCUT2D eigenvalue weighted by atomic mass is 16.5. The zero-order valence-corrected chi connectivity index (χ0v) is 11.4. The van der Waals surface area contributed by atoms with Gasteiger partial charge in [0.25, 0.3) is 0 Å². The standard InChI is InChI=1S/C15H20O4/c1-18-11-6-7-13(19-2)12(10-11)14(16)15(17)8-4-3-5-9-15/h6-7,10,17H,3-5,8-9H2,1-2H3. The molecule has 1 saturated carbocycles. The van der Waals surface area contributed by atoms with Gasteiger partial charge in [0.05, 0.1) is 19.8 Å². The van der Waals surface area contributed by atoms with Gasteiger partial charge in [-0.25, -0.2) is 0 Å². The normalized spacial score (nSPS) is 17.8. The Hall–Kier alpha value is -1.55. The number of ketones is 1. The van der Waals surface area contributed by atoms with Gasteiger partial charge in [0.2, 0.25) is 0 Å². The molecule has 1 N–H and O–H groups in total. The number of methoxy groups -OCH3 is 2. The van der Waals surface area contributed by atoms with Crippen molar-refractivity contribution in [1.82, 2.24) is 0 Å². The molecule has 0 aromatic heterocycles. The van der Waals surface area contributed by atoms with E-state index in [-0.39, 0.29) is 5.78 Å². The van der Waals surface area contributed by atoms with Crippen molar-refractivity contribution >= 4 is 5.78 Å². The van der Waals surface area contributed by atoms with E-state index in [4.69, 9.17) is 9.47 Å². The number of Topliss-reactive ketones (excluding diaryl/α,β-unsaturated/α-hetero) is 1. The molecule has 0 aliphatic heterocycles. The van der Waals surface area contributed by atoms with Crippen LogP contribution in [-0.4, -0.2) is 30.7 Å². The Balaban J connectivity index is 2.36. The molecule has 4 nitrogen and oxygen atoms in total. The van der Waals surface area contributed by atoms with E-state index < -0.39 is 5.60 Å². The van der Waals surface area contributed by atoms with Crippen LogP contribution in [0.4, 0.5) is 0 Å². The lowest BCUT2D eigenvalue weighted by atomic mass is 9.79. The highest BCUT2D eigenvalue weighted by Crippen LogP contribution is 2.34. The third-order valence-electron chi connectivity index (χ3n) is 3.75. The van der Waals surface area contributed by atoms with Crippen LogP contribution in [0.5, 0.6) is 11.5 Å². The molecule has 1 fully saturated rings. The van der Waals surface area contributed by atoms with Gasteiger partial charge in [-0.1, -0.05) is 19.3 Å². The Labute approximate surface area is 113 Å². The van der Waals surface area contributed by atoms with Crippen LogP contribution in [-0.2, 0) is 0 Å². The molecule has 104 valence electrons. The van der Waals surface area contributed by atoms with E-state index in [0.717, 1.165) is 19.3 Å². The van der Waals surface area contributed by atoms with Crippen LogP contribution >= 0.6 is 0 Å². The summed E-state index contributed by atoms with van der Waals surface area (Å²) in [6.07, 6.45) is 3.88. The first-order chi connectivity index (χ1) is 9.10. The quantitative estimate of drug-likeness (QED) is 0.849. The fourth-order valence-corrected chi connectivity index (χ4v) is 2.61. The Bertz CT molecular complexity index is 461. The van der Waals surface area contributed by atoms with Gasteiger partial charge in [0.15, 0.2) is 5.78 Å². The van der Waals surface area contributed by atoms with Crippen molar-refractivity contribution in [3.63, 3.8) is 0 Å². The molecule has 1 aliphatic carbocycles. The maximum absolute atomic E-state index is 12.6. The van der Waals surface area contributed by atoms with Crippen LogP contribution in [0.25, 0.3) is 0 Å². The molecular weight excluding hydrogens is 244 g/mol. The van der Waals surface area contributed by atoms with E-state index in [1.54, 1.807) is 25.3 Å². The van der Waals surface area contributed by atoms with Crippen LogP contribution in [0, 0.1) is 0 Å². The van der Waals surface area contributed by atoms with Crippen molar-refractivity contribution in [1.29, 1.82) is 0 Å². The lowest BCUT2D eigenvalue weighted by molar-refractivity contribution is 0.0114. The molecule has 0 atom stereocenters. The average molecular weight is 264 g/mol. The minimum Gasteiger partial charge on any atom is -0.497 e. The van der Waals surface area contributed by atoms with Crippen molar-refractivity contribution < 1.29 is 19.4 Å². The van der Waals surface area contributed by atoms with Crippen molar-refractivity contribution in [3.05, 3.63) is 23.8 Å². The number of rotatable bonds is 4. The van der Waals surface area contributed by atoms with Crippen LogP contribution < -0.4 is 9.47 Å². The minimum atomic E-state index is -1.25. The first-order valence-electron chi connectivity index (χ1n) is 6.60. The summed E-state index contributed by atoms with van der Waals surface area (Å²) in [4.78, 5) is 12.6. The topological polar surface area (TPSA) is 55.8 Å². The van der Waals surface area contributed by atoms with Crippen molar-refractivity contribution in [2.75, 3.05) is 14.2 Å². The molecule has 0 heterocycles. The minimum absolute atomic E-state index is 0.261. The van der Waals surface area contributed by atoms with Crippen LogP contribution in [0.3, 0.4) is 0 Å². The smallest absolute Gasteiger partial charge is 0.198 e. The van der Waals surface area contributed by atoms with Crippen molar-refractivity contribution in [3.8, 4) is 11.5 Å². The lowest BCUT2D eigenvalue weighted by Gasteiger charge is -2.31. The fourth-order valence-electron chi connectivity index (χ4n) is 2.61. The summed E-state index contributed by atoms with van der Waals surface area (Å²) < 4.78 is 10.3. The molecule has 1 aromatic rings. The number of ether oxygens (including phenoxy) is 2. The van der Waals surface area contributed by atoms with Crippen LogP contribution in [0.2, 0.25) is 0 Å². The summed E-state index contributed by atoms with van der Waals surface area (Å²) in [6.45, 7) is 0. The van der Waals surface area contributed by atoms with Gasteiger partial charge >= 0.3 is 0 Å². The zero-order chi connectivity index (χ0) is 13.9. The second kappa shape index (κ2) is 5.61. The summed E-state index contributed by atoms with van der Waals surface area (Å²) in [6, 6.07) is 5.06. The largest absolute Gasteiger partial charge is 0.497 e. The number of aliphatic hydroxyl groups is 1. The monoisotopic (exact) mass is 264 g/mol. The molecule has 0 amide bonds. The van der Waals surface area contributed by atoms with Gasteiger partial charge in [0, 0.05) is 0 Å². The summed E-state index contributed by atoms with van der Waals surface area (Å²) in [7, 11) is 3.06. The Morgan fingerprint density at radius 3 is 2.42 bits per heavy atom. The molecular formula is C15H20O4. The lowest BCUT2D eigenvalue weighted by Crippen LogP contribution is -2.40. The van der Waals surface area contributed by atoms with E-state index in [2.05, 4.69) is 0 Å². The summed E-state index contributed by atoms with van der Waals surface area (Å²) in [5, 5.41) is 10.5. The number of carbonyl (C=O) groups is 1. The molecule has 0 spiro atoms. The first kappa shape index (κ1) is 13.9. The van der Waals surface area contributed by atoms with E-state index in [1.807, 2.05) is 0 Å². The number of carbonyl (C=O) groups excluding carboxylic acids is 1. The van der Waals surface area contributed by atoms with E-state index >= 15 is 0 Å². The number of benzene rings is 1. The van der Waals surface area contributed by atoms with Gasteiger partial charge in [0.1, 0.15) is 17.1 Å². The Morgan fingerprint density at radius 1 is 1.16 bits per heavy atom. The maximum atomic E-state index is 12.6. The van der Waals surface area contributed by atoms with Gasteiger partial charge in [-0.15, -0.1) is 0 Å². The predicted molar refractivity (Wildman–Crippen MR) is 71.9 cm³/mol. The second-order valence-corrected chi connectivity index (χ2v) is 4.99. The molecule has 19 heavy (non-hydrogen) atoms. The SMILES string of the molecule is COc1ccc(OC)c(C(=O)C2(O)CCCCC2)c1. The second-order valence-electron chi connectivity index (χ2n) is 4.99. The maximum Gasteiger partial charge on any atom is 0.198 e. The molecule has 0 radical (unpaired) electrons. The van der Waals surface area contributed by atoms with Crippen molar-refractivity contribution in [2.45, 2.75) is 37.7 Å². The molecule has 0 saturated heterocycles. The van der Waals surface area contributed by atoms with E-state index in [1.165, 1.54) is 7.11 Å². The third-order valence-corrected chi connectivity index (χ3v) is 3.75. The van der Waals surface area contributed by atoms with Crippen molar-refractivity contribution in [2.24, 2.45) is 0 Å². The molecule has 4 heteroatoms. The van der Waals surface area contributed by atoms with Crippen LogP contribution in [0.1, 0.15) is 42.5 Å².